The standard InChI is InChI=1S/C31H27FN6O2/c1-18(2)40-26-14-13-21(15-24(26)32)28-27-29(33)34-17-35-30(27)38(36-28)19(3)25-16-20-9-7-8-12-23(20)31(39)37(25)22-10-5-4-6-11-22/h4-19H,1-3H3,(H2,33,34,35). The molecule has 1 atom stereocenters. The number of aromatic nitrogens is 5. The minimum atomic E-state index is -0.509. The Bertz CT molecular complexity index is 1930. The lowest BCUT2D eigenvalue weighted by atomic mass is 10.1. The van der Waals surface area contributed by atoms with Gasteiger partial charge in [0.05, 0.1) is 23.2 Å². The van der Waals surface area contributed by atoms with Gasteiger partial charge in [0, 0.05) is 16.6 Å². The molecule has 0 saturated heterocycles. The summed E-state index contributed by atoms with van der Waals surface area (Å²) < 4.78 is 24.0. The van der Waals surface area contributed by atoms with E-state index in [1.165, 1.54) is 12.4 Å². The Morgan fingerprint density at radius 3 is 2.42 bits per heavy atom. The third-order valence-corrected chi connectivity index (χ3v) is 6.85. The number of ether oxygens (including phenoxy) is 1. The Morgan fingerprint density at radius 1 is 0.925 bits per heavy atom. The molecule has 6 rings (SSSR count). The van der Waals surface area contributed by atoms with Crippen molar-refractivity contribution in [2.45, 2.75) is 32.9 Å². The first kappa shape index (κ1) is 25.2. The maximum Gasteiger partial charge on any atom is 0.263 e. The lowest BCUT2D eigenvalue weighted by molar-refractivity contribution is 0.231. The molecule has 0 aliphatic heterocycles. The quantitative estimate of drug-likeness (QED) is 0.285. The Hall–Kier alpha value is -5.05. The molecular weight excluding hydrogens is 507 g/mol. The number of benzene rings is 3. The molecule has 40 heavy (non-hydrogen) atoms. The third-order valence-electron chi connectivity index (χ3n) is 6.85. The van der Waals surface area contributed by atoms with Gasteiger partial charge in [0.1, 0.15) is 17.8 Å². The maximum atomic E-state index is 15.0. The van der Waals surface area contributed by atoms with Crippen molar-refractivity contribution in [3.8, 4) is 22.7 Å². The van der Waals surface area contributed by atoms with Crippen LogP contribution in [0.1, 0.15) is 32.5 Å². The summed E-state index contributed by atoms with van der Waals surface area (Å²) in [5.41, 5.74) is 9.03. The monoisotopic (exact) mass is 534 g/mol. The van der Waals surface area contributed by atoms with Crippen molar-refractivity contribution in [3.63, 3.8) is 0 Å². The predicted molar refractivity (Wildman–Crippen MR) is 154 cm³/mol. The molecule has 0 fully saturated rings. The largest absolute Gasteiger partial charge is 0.488 e. The minimum absolute atomic E-state index is 0.139. The zero-order chi connectivity index (χ0) is 28.0. The molecule has 1 unspecified atom stereocenters. The number of para-hydroxylation sites is 1. The van der Waals surface area contributed by atoms with E-state index < -0.39 is 11.9 Å². The second-order valence-corrected chi connectivity index (χ2v) is 9.87. The number of halogens is 1. The van der Waals surface area contributed by atoms with E-state index in [9.17, 15) is 4.79 Å². The van der Waals surface area contributed by atoms with Gasteiger partial charge in [0.15, 0.2) is 17.2 Å². The summed E-state index contributed by atoms with van der Waals surface area (Å²) >= 11 is 0. The molecule has 0 radical (unpaired) electrons. The number of pyridine rings is 1. The second kappa shape index (κ2) is 9.92. The molecular formula is C31H27FN6O2. The fourth-order valence-electron chi connectivity index (χ4n) is 5.02. The number of hydrogen-bond donors (Lipinski definition) is 1. The summed E-state index contributed by atoms with van der Waals surface area (Å²) in [5, 5.41) is 6.81. The molecule has 3 aromatic carbocycles. The number of nitrogen functional groups attached to an aromatic ring is 1. The van der Waals surface area contributed by atoms with Gasteiger partial charge >= 0.3 is 0 Å². The zero-order valence-electron chi connectivity index (χ0n) is 22.2. The van der Waals surface area contributed by atoms with Gasteiger partial charge in [0.25, 0.3) is 5.56 Å². The molecule has 0 spiro atoms. The third kappa shape index (κ3) is 4.25. The fraction of sp³-hybridized carbons (Fsp3) is 0.161. The summed E-state index contributed by atoms with van der Waals surface area (Å²) in [6, 6.07) is 23.2. The van der Waals surface area contributed by atoms with Gasteiger partial charge in [-0.25, -0.2) is 19.0 Å². The van der Waals surface area contributed by atoms with Crippen molar-refractivity contribution in [1.29, 1.82) is 0 Å². The van der Waals surface area contributed by atoms with Gasteiger partial charge in [-0.2, -0.15) is 5.10 Å². The van der Waals surface area contributed by atoms with E-state index >= 15 is 4.39 Å². The normalized spacial score (nSPS) is 12.3. The van der Waals surface area contributed by atoms with Crippen molar-refractivity contribution in [1.82, 2.24) is 24.3 Å². The molecule has 0 saturated carbocycles. The van der Waals surface area contributed by atoms with E-state index in [0.717, 1.165) is 11.1 Å². The van der Waals surface area contributed by atoms with E-state index in [2.05, 4.69) is 9.97 Å². The van der Waals surface area contributed by atoms with Gasteiger partial charge < -0.3 is 10.5 Å². The summed E-state index contributed by atoms with van der Waals surface area (Å²) in [5.74, 6) is -0.131. The highest BCUT2D eigenvalue weighted by atomic mass is 19.1. The van der Waals surface area contributed by atoms with Crippen LogP contribution in [0.3, 0.4) is 0 Å². The van der Waals surface area contributed by atoms with Crippen LogP contribution in [0.5, 0.6) is 5.75 Å². The van der Waals surface area contributed by atoms with Crippen LogP contribution >= 0.6 is 0 Å². The number of nitrogens with two attached hydrogens (primary N) is 1. The Balaban J connectivity index is 1.58. The average Bonchev–Trinajstić information content (AvgIpc) is 3.35. The molecule has 0 aliphatic rings. The van der Waals surface area contributed by atoms with Crippen molar-refractivity contribution in [2.24, 2.45) is 0 Å². The maximum absolute atomic E-state index is 15.0. The van der Waals surface area contributed by atoms with Crippen molar-refractivity contribution >= 4 is 27.6 Å². The van der Waals surface area contributed by atoms with Gasteiger partial charge in [-0.05, 0) is 68.6 Å². The molecule has 8 nitrogen and oxygen atoms in total. The van der Waals surface area contributed by atoms with Crippen LogP contribution in [0.2, 0.25) is 0 Å². The van der Waals surface area contributed by atoms with Crippen LogP contribution in [0.15, 0.2) is 90.0 Å². The highest BCUT2D eigenvalue weighted by Crippen LogP contribution is 2.35. The number of rotatable bonds is 6. The predicted octanol–water partition coefficient (Wildman–Crippen LogP) is 5.92. The Kier molecular flexibility index (Phi) is 6.26. The molecule has 0 amide bonds. The van der Waals surface area contributed by atoms with E-state index in [1.54, 1.807) is 21.4 Å². The van der Waals surface area contributed by atoms with Crippen molar-refractivity contribution in [2.75, 3.05) is 5.73 Å². The first-order valence-electron chi connectivity index (χ1n) is 13.0. The van der Waals surface area contributed by atoms with Gasteiger partial charge in [-0.15, -0.1) is 0 Å². The minimum Gasteiger partial charge on any atom is -0.488 e. The molecule has 2 N–H and O–H groups in total. The molecule has 0 bridgehead atoms. The Labute approximate surface area is 229 Å². The lowest BCUT2D eigenvalue weighted by Gasteiger charge is -2.20. The van der Waals surface area contributed by atoms with Crippen LogP contribution < -0.4 is 16.0 Å². The highest BCUT2D eigenvalue weighted by Gasteiger charge is 2.25. The number of nitrogens with zero attached hydrogens (tertiary/aromatic N) is 5. The fourth-order valence-corrected chi connectivity index (χ4v) is 5.02. The number of fused-ring (bicyclic) bond motifs is 2. The van der Waals surface area contributed by atoms with E-state index in [4.69, 9.17) is 15.6 Å². The molecule has 3 aromatic heterocycles. The van der Waals surface area contributed by atoms with Gasteiger partial charge in [-0.1, -0.05) is 36.4 Å². The van der Waals surface area contributed by atoms with Crippen molar-refractivity contribution < 1.29 is 9.13 Å². The lowest BCUT2D eigenvalue weighted by Crippen LogP contribution is -2.25. The topological polar surface area (TPSA) is 101 Å². The Morgan fingerprint density at radius 2 is 1.68 bits per heavy atom. The van der Waals surface area contributed by atoms with E-state index in [1.807, 2.05) is 81.4 Å². The van der Waals surface area contributed by atoms with E-state index in [-0.39, 0.29) is 23.2 Å². The summed E-state index contributed by atoms with van der Waals surface area (Å²) in [6.45, 7) is 5.62. The van der Waals surface area contributed by atoms with Crippen LogP contribution in [-0.2, 0) is 0 Å². The molecule has 0 aliphatic carbocycles. The summed E-state index contributed by atoms with van der Waals surface area (Å²) in [7, 11) is 0. The van der Waals surface area contributed by atoms with Crippen LogP contribution in [0.25, 0.3) is 38.8 Å². The smallest absolute Gasteiger partial charge is 0.263 e. The SMILES string of the molecule is CC(C)Oc1ccc(-c2nn(C(C)c3cc4ccccc4c(=O)n3-c3ccccc3)c3ncnc(N)c23)cc1F. The van der Waals surface area contributed by atoms with Gasteiger partial charge in [-0.3, -0.25) is 9.36 Å². The highest BCUT2D eigenvalue weighted by molar-refractivity contribution is 5.98. The molecule has 3 heterocycles. The van der Waals surface area contributed by atoms with Gasteiger partial charge in [0.2, 0.25) is 0 Å². The average molecular weight is 535 g/mol. The first-order chi connectivity index (χ1) is 19.3. The number of hydrogen-bond acceptors (Lipinski definition) is 6. The van der Waals surface area contributed by atoms with Crippen LogP contribution in [0, 0.1) is 5.82 Å². The number of anilines is 1. The molecule has 200 valence electrons. The van der Waals surface area contributed by atoms with Crippen molar-refractivity contribution in [3.05, 3.63) is 107 Å². The van der Waals surface area contributed by atoms with Crippen LogP contribution in [-0.4, -0.2) is 30.4 Å². The summed E-state index contributed by atoms with van der Waals surface area (Å²) in [6.07, 6.45) is 1.20. The van der Waals surface area contributed by atoms with Crippen LogP contribution in [0.4, 0.5) is 10.2 Å². The second-order valence-electron chi connectivity index (χ2n) is 9.87. The molecule has 9 heteroatoms. The molecule has 6 aromatic rings. The first-order valence-corrected chi connectivity index (χ1v) is 13.0. The summed E-state index contributed by atoms with van der Waals surface area (Å²) in [4.78, 5) is 22.5. The zero-order valence-corrected chi connectivity index (χ0v) is 22.2. The van der Waals surface area contributed by atoms with E-state index in [0.29, 0.717) is 33.4 Å².